The zero-order chi connectivity index (χ0) is 16.4. The fraction of sp³-hybridized carbons (Fsp3) is 0.647. The van der Waals surface area contributed by atoms with E-state index >= 15 is 0 Å². The summed E-state index contributed by atoms with van der Waals surface area (Å²) in [6, 6.07) is 5.26. The van der Waals surface area contributed by atoms with E-state index in [9.17, 15) is 8.42 Å². The number of nitrogens with zero attached hydrogens (tertiary/aromatic N) is 1. The van der Waals surface area contributed by atoms with Gasteiger partial charge in [0, 0.05) is 19.5 Å². The van der Waals surface area contributed by atoms with Crippen LogP contribution in [0.5, 0.6) is 5.75 Å². The van der Waals surface area contributed by atoms with Crippen LogP contribution in [-0.2, 0) is 16.4 Å². The molecule has 2 heterocycles. The Balaban J connectivity index is 1.69. The van der Waals surface area contributed by atoms with Gasteiger partial charge < -0.3 is 10.1 Å². The van der Waals surface area contributed by atoms with E-state index in [2.05, 4.69) is 12.2 Å². The molecule has 128 valence electrons. The van der Waals surface area contributed by atoms with E-state index in [0.717, 1.165) is 43.7 Å². The molecule has 23 heavy (non-hydrogen) atoms. The summed E-state index contributed by atoms with van der Waals surface area (Å²) in [5, 5.41) is 3.35. The van der Waals surface area contributed by atoms with Crippen LogP contribution in [0.25, 0.3) is 0 Å². The van der Waals surface area contributed by atoms with Gasteiger partial charge in [-0.2, -0.15) is 4.31 Å². The van der Waals surface area contributed by atoms with Crippen LogP contribution in [-0.4, -0.2) is 45.0 Å². The molecule has 0 saturated carbocycles. The molecule has 2 aliphatic heterocycles. The number of nitrogens with one attached hydrogen (secondary N) is 1. The smallest absolute Gasteiger partial charge is 0.243 e. The first-order chi connectivity index (χ1) is 11.0. The second kappa shape index (κ2) is 6.79. The van der Waals surface area contributed by atoms with Crippen LogP contribution in [0.1, 0.15) is 32.3 Å². The Hall–Kier alpha value is -1.11. The number of sulfonamides is 1. The second-order valence-corrected chi connectivity index (χ2v) is 8.50. The fourth-order valence-corrected chi connectivity index (χ4v) is 4.93. The Kier molecular flexibility index (Phi) is 4.94. The molecule has 0 aromatic heterocycles. The van der Waals surface area contributed by atoms with E-state index in [1.807, 2.05) is 6.92 Å². The van der Waals surface area contributed by atoms with E-state index in [-0.39, 0.29) is 6.10 Å². The molecule has 0 radical (unpaired) electrons. The Morgan fingerprint density at radius 2 is 2.04 bits per heavy atom. The van der Waals surface area contributed by atoms with Crippen molar-refractivity contribution in [3.05, 3.63) is 23.8 Å². The third kappa shape index (κ3) is 3.54. The van der Waals surface area contributed by atoms with Crippen molar-refractivity contribution in [3.8, 4) is 5.75 Å². The Labute approximate surface area is 139 Å². The lowest BCUT2D eigenvalue weighted by molar-refractivity contribution is 0.254. The molecule has 1 aromatic carbocycles. The van der Waals surface area contributed by atoms with E-state index in [0.29, 0.717) is 23.9 Å². The molecular weight excluding hydrogens is 312 g/mol. The number of benzene rings is 1. The summed E-state index contributed by atoms with van der Waals surface area (Å²) >= 11 is 0. The lowest BCUT2D eigenvalue weighted by atomic mass is 9.98. The van der Waals surface area contributed by atoms with Crippen LogP contribution in [0.2, 0.25) is 0 Å². The molecule has 6 heteroatoms. The fourth-order valence-electron chi connectivity index (χ4n) is 3.41. The lowest BCUT2D eigenvalue weighted by Crippen LogP contribution is -2.40. The average molecular weight is 338 g/mol. The van der Waals surface area contributed by atoms with E-state index in [1.54, 1.807) is 22.5 Å². The minimum atomic E-state index is -3.39. The highest BCUT2D eigenvalue weighted by atomic mass is 32.2. The summed E-state index contributed by atoms with van der Waals surface area (Å²) in [5.41, 5.74) is 1.00. The summed E-state index contributed by atoms with van der Waals surface area (Å²) in [4.78, 5) is 0.402. The van der Waals surface area contributed by atoms with Crippen molar-refractivity contribution in [2.24, 2.45) is 5.92 Å². The minimum absolute atomic E-state index is 0.129. The first-order valence-electron chi connectivity index (χ1n) is 8.51. The van der Waals surface area contributed by atoms with Crippen LogP contribution < -0.4 is 10.1 Å². The number of piperidine rings is 1. The summed E-state index contributed by atoms with van der Waals surface area (Å²) in [7, 11) is -3.39. The zero-order valence-corrected chi connectivity index (χ0v) is 14.7. The molecule has 0 aliphatic carbocycles. The van der Waals surface area contributed by atoms with Gasteiger partial charge in [-0.15, -0.1) is 0 Å². The SMILES string of the molecule is CCNCC1CCN(S(=O)(=O)c2ccc3c(c2)CC(C)O3)CC1. The van der Waals surface area contributed by atoms with Crippen LogP contribution in [0.15, 0.2) is 23.1 Å². The number of hydrogen-bond donors (Lipinski definition) is 1. The largest absolute Gasteiger partial charge is 0.490 e. The highest BCUT2D eigenvalue weighted by Gasteiger charge is 2.30. The predicted octanol–water partition coefficient (Wildman–Crippen LogP) is 2.02. The molecule has 2 aliphatic rings. The van der Waals surface area contributed by atoms with Gasteiger partial charge in [-0.3, -0.25) is 0 Å². The maximum absolute atomic E-state index is 12.9. The molecule has 3 rings (SSSR count). The van der Waals surface area contributed by atoms with Crippen LogP contribution in [0.4, 0.5) is 0 Å². The van der Waals surface area contributed by atoms with E-state index < -0.39 is 10.0 Å². The summed E-state index contributed by atoms with van der Waals surface area (Å²) in [6.07, 6.45) is 2.77. The highest BCUT2D eigenvalue weighted by molar-refractivity contribution is 7.89. The summed E-state index contributed by atoms with van der Waals surface area (Å²) < 4.78 is 33.0. The number of rotatable bonds is 5. The third-order valence-corrected chi connectivity index (χ3v) is 6.66. The van der Waals surface area contributed by atoms with Crippen molar-refractivity contribution in [3.63, 3.8) is 0 Å². The van der Waals surface area contributed by atoms with Crippen molar-refractivity contribution in [2.75, 3.05) is 26.2 Å². The van der Waals surface area contributed by atoms with Crippen molar-refractivity contribution >= 4 is 10.0 Å². The molecule has 1 unspecified atom stereocenters. The van der Waals surface area contributed by atoms with Crippen molar-refractivity contribution in [1.29, 1.82) is 0 Å². The zero-order valence-electron chi connectivity index (χ0n) is 13.9. The standard InChI is InChI=1S/C17H26N2O3S/c1-3-18-12-14-6-8-19(9-7-14)23(20,21)16-4-5-17-15(11-16)10-13(2)22-17/h4-5,11,13-14,18H,3,6-10,12H2,1-2H3. The van der Waals surface area contributed by atoms with Crippen molar-refractivity contribution in [1.82, 2.24) is 9.62 Å². The van der Waals surface area contributed by atoms with Crippen molar-refractivity contribution < 1.29 is 13.2 Å². The number of fused-ring (bicyclic) bond motifs is 1. The lowest BCUT2D eigenvalue weighted by Gasteiger charge is -2.31. The predicted molar refractivity (Wildman–Crippen MR) is 90.3 cm³/mol. The second-order valence-electron chi connectivity index (χ2n) is 6.56. The van der Waals surface area contributed by atoms with Crippen LogP contribution in [0.3, 0.4) is 0 Å². The van der Waals surface area contributed by atoms with Gasteiger partial charge >= 0.3 is 0 Å². The Morgan fingerprint density at radius 3 is 2.74 bits per heavy atom. The molecule has 5 nitrogen and oxygen atoms in total. The van der Waals surface area contributed by atoms with Gasteiger partial charge in [0.15, 0.2) is 0 Å². The molecule has 0 amide bonds. The third-order valence-electron chi connectivity index (χ3n) is 4.76. The average Bonchev–Trinajstić information content (AvgIpc) is 2.92. The maximum atomic E-state index is 12.9. The first kappa shape index (κ1) is 16.7. The Morgan fingerprint density at radius 1 is 1.30 bits per heavy atom. The molecule has 1 saturated heterocycles. The van der Waals surface area contributed by atoms with Gasteiger partial charge in [0.1, 0.15) is 11.9 Å². The summed E-state index contributed by atoms with van der Waals surface area (Å²) in [6.45, 7) is 7.28. The molecule has 0 spiro atoms. The number of hydrogen-bond acceptors (Lipinski definition) is 4. The molecule has 1 aromatic rings. The molecule has 0 bridgehead atoms. The van der Waals surface area contributed by atoms with E-state index in [1.165, 1.54) is 0 Å². The van der Waals surface area contributed by atoms with Crippen LogP contribution >= 0.6 is 0 Å². The number of ether oxygens (including phenoxy) is 1. The molecular formula is C17H26N2O3S. The highest BCUT2D eigenvalue weighted by Crippen LogP contribution is 2.32. The van der Waals surface area contributed by atoms with Crippen molar-refractivity contribution in [2.45, 2.75) is 44.1 Å². The topological polar surface area (TPSA) is 58.6 Å². The first-order valence-corrected chi connectivity index (χ1v) is 9.95. The van der Waals surface area contributed by atoms with Gasteiger partial charge in [0.2, 0.25) is 10.0 Å². The minimum Gasteiger partial charge on any atom is -0.490 e. The monoisotopic (exact) mass is 338 g/mol. The van der Waals surface area contributed by atoms with Crippen LogP contribution in [0, 0.1) is 5.92 Å². The normalized spacial score (nSPS) is 22.8. The van der Waals surface area contributed by atoms with Gasteiger partial charge in [0.25, 0.3) is 0 Å². The van der Waals surface area contributed by atoms with Gasteiger partial charge in [0.05, 0.1) is 4.90 Å². The van der Waals surface area contributed by atoms with Gasteiger partial charge in [-0.1, -0.05) is 6.92 Å². The quantitative estimate of drug-likeness (QED) is 0.892. The molecule has 1 atom stereocenters. The molecule has 1 fully saturated rings. The molecule has 1 N–H and O–H groups in total. The Bertz CT molecular complexity index is 652. The summed E-state index contributed by atoms with van der Waals surface area (Å²) in [5.74, 6) is 1.40. The van der Waals surface area contributed by atoms with Gasteiger partial charge in [-0.25, -0.2) is 8.42 Å². The van der Waals surface area contributed by atoms with E-state index in [4.69, 9.17) is 4.74 Å². The maximum Gasteiger partial charge on any atom is 0.243 e. The van der Waals surface area contributed by atoms with Gasteiger partial charge in [-0.05, 0) is 62.5 Å².